The molecule has 2 rings (SSSR count). The van der Waals surface area contributed by atoms with Gasteiger partial charge in [-0.2, -0.15) is 0 Å². The Labute approximate surface area is 114 Å². The third-order valence-corrected chi connectivity index (χ3v) is 3.72. The van der Waals surface area contributed by atoms with Crippen LogP contribution in [0, 0.1) is 5.82 Å². The molecular formula is C15H23FN2O. The highest BCUT2D eigenvalue weighted by molar-refractivity contribution is 5.27. The number of hydrogen-bond donors (Lipinski definition) is 1. The van der Waals surface area contributed by atoms with Gasteiger partial charge >= 0.3 is 0 Å². The van der Waals surface area contributed by atoms with E-state index in [0.29, 0.717) is 12.6 Å². The van der Waals surface area contributed by atoms with Gasteiger partial charge in [0.25, 0.3) is 0 Å². The minimum Gasteiger partial charge on any atom is -0.378 e. The van der Waals surface area contributed by atoms with E-state index >= 15 is 0 Å². The summed E-state index contributed by atoms with van der Waals surface area (Å²) in [7, 11) is 0. The van der Waals surface area contributed by atoms with Crippen molar-refractivity contribution < 1.29 is 9.13 Å². The van der Waals surface area contributed by atoms with Crippen LogP contribution in [-0.4, -0.2) is 30.7 Å². The summed E-state index contributed by atoms with van der Waals surface area (Å²) in [6.45, 7) is 6.14. The number of likely N-dealkylation sites (tertiary alicyclic amines) is 1. The zero-order valence-corrected chi connectivity index (χ0v) is 11.6. The first-order chi connectivity index (χ1) is 9.22. The van der Waals surface area contributed by atoms with Gasteiger partial charge in [-0.1, -0.05) is 6.07 Å². The van der Waals surface area contributed by atoms with Gasteiger partial charge in [0.15, 0.2) is 0 Å². The standard InChI is InChI=1S/C15H23FN2O/c1-2-19-15-5-7-18(8-6-15)11-12-3-4-14(16)9-13(12)10-17/h3-4,9,15H,2,5-8,10-11,17H2,1H3. The van der Waals surface area contributed by atoms with Crippen LogP contribution in [0.3, 0.4) is 0 Å². The Bertz CT molecular complexity index is 403. The third kappa shape index (κ3) is 4.00. The maximum atomic E-state index is 13.2. The molecule has 0 spiro atoms. The summed E-state index contributed by atoms with van der Waals surface area (Å²) < 4.78 is 18.8. The van der Waals surface area contributed by atoms with Crippen LogP contribution in [0.1, 0.15) is 30.9 Å². The van der Waals surface area contributed by atoms with Crippen molar-refractivity contribution in [3.63, 3.8) is 0 Å². The monoisotopic (exact) mass is 266 g/mol. The van der Waals surface area contributed by atoms with E-state index in [1.165, 1.54) is 6.07 Å². The number of nitrogens with zero attached hydrogens (tertiary/aromatic N) is 1. The minimum atomic E-state index is -0.209. The van der Waals surface area contributed by atoms with Crippen LogP contribution in [0.2, 0.25) is 0 Å². The molecule has 1 heterocycles. The summed E-state index contributed by atoms with van der Waals surface area (Å²) in [4.78, 5) is 2.39. The second kappa shape index (κ2) is 6.98. The third-order valence-electron chi connectivity index (χ3n) is 3.72. The molecule has 1 saturated heterocycles. The van der Waals surface area contributed by atoms with Gasteiger partial charge in [0.1, 0.15) is 5.82 Å². The fourth-order valence-electron chi connectivity index (χ4n) is 2.65. The minimum absolute atomic E-state index is 0.209. The molecular weight excluding hydrogens is 243 g/mol. The van der Waals surface area contributed by atoms with Crippen LogP contribution in [-0.2, 0) is 17.8 Å². The van der Waals surface area contributed by atoms with Crippen molar-refractivity contribution in [2.45, 2.75) is 39.0 Å². The Hall–Kier alpha value is -0.970. The Morgan fingerprint density at radius 1 is 1.32 bits per heavy atom. The Morgan fingerprint density at radius 2 is 2.05 bits per heavy atom. The Kier molecular flexibility index (Phi) is 5.31. The first kappa shape index (κ1) is 14.4. The number of ether oxygens (including phenoxy) is 1. The van der Waals surface area contributed by atoms with Crippen LogP contribution in [0.5, 0.6) is 0 Å². The molecule has 4 heteroatoms. The predicted molar refractivity (Wildman–Crippen MR) is 74.2 cm³/mol. The Balaban J connectivity index is 1.92. The first-order valence-electron chi connectivity index (χ1n) is 7.04. The van der Waals surface area contributed by atoms with E-state index in [1.807, 2.05) is 13.0 Å². The zero-order valence-electron chi connectivity index (χ0n) is 11.6. The summed E-state index contributed by atoms with van der Waals surface area (Å²) in [5.41, 5.74) is 7.73. The molecule has 0 aromatic heterocycles. The number of halogens is 1. The number of piperidine rings is 1. The van der Waals surface area contributed by atoms with Gasteiger partial charge in [-0.3, -0.25) is 4.90 Å². The smallest absolute Gasteiger partial charge is 0.123 e. The molecule has 0 unspecified atom stereocenters. The summed E-state index contributed by atoms with van der Waals surface area (Å²) in [6.07, 6.45) is 2.56. The van der Waals surface area contributed by atoms with Crippen LogP contribution < -0.4 is 5.73 Å². The zero-order chi connectivity index (χ0) is 13.7. The van der Waals surface area contributed by atoms with Gasteiger partial charge in [0.2, 0.25) is 0 Å². The average molecular weight is 266 g/mol. The normalized spacial score (nSPS) is 17.8. The van der Waals surface area contributed by atoms with Crippen LogP contribution in [0.25, 0.3) is 0 Å². The van der Waals surface area contributed by atoms with Crippen molar-refractivity contribution in [2.75, 3.05) is 19.7 Å². The van der Waals surface area contributed by atoms with Gasteiger partial charge < -0.3 is 10.5 Å². The summed E-state index contributed by atoms with van der Waals surface area (Å²) in [5.74, 6) is -0.209. The van der Waals surface area contributed by atoms with E-state index < -0.39 is 0 Å². The lowest BCUT2D eigenvalue weighted by atomic mass is 10.0. The summed E-state index contributed by atoms with van der Waals surface area (Å²) in [5, 5.41) is 0. The molecule has 3 nitrogen and oxygen atoms in total. The molecule has 19 heavy (non-hydrogen) atoms. The van der Waals surface area contributed by atoms with Crippen LogP contribution in [0.4, 0.5) is 4.39 Å². The molecule has 0 amide bonds. The van der Waals surface area contributed by atoms with Gasteiger partial charge in [-0.15, -0.1) is 0 Å². The van der Waals surface area contributed by atoms with E-state index in [1.54, 1.807) is 6.07 Å². The molecule has 1 fully saturated rings. The highest BCUT2D eigenvalue weighted by Crippen LogP contribution is 2.18. The maximum Gasteiger partial charge on any atom is 0.123 e. The number of rotatable bonds is 5. The van der Waals surface area contributed by atoms with Crippen molar-refractivity contribution in [3.05, 3.63) is 35.1 Å². The van der Waals surface area contributed by atoms with Crippen LogP contribution >= 0.6 is 0 Å². The molecule has 1 aliphatic rings. The molecule has 106 valence electrons. The number of benzene rings is 1. The topological polar surface area (TPSA) is 38.5 Å². The van der Waals surface area contributed by atoms with Gasteiger partial charge in [-0.25, -0.2) is 4.39 Å². The fraction of sp³-hybridized carbons (Fsp3) is 0.600. The first-order valence-corrected chi connectivity index (χ1v) is 7.04. The summed E-state index contributed by atoms with van der Waals surface area (Å²) >= 11 is 0. The molecule has 1 aromatic carbocycles. The van der Waals surface area contributed by atoms with E-state index in [9.17, 15) is 4.39 Å². The molecule has 0 saturated carbocycles. The quantitative estimate of drug-likeness (QED) is 0.888. The summed E-state index contributed by atoms with van der Waals surface area (Å²) in [6, 6.07) is 4.91. The van der Waals surface area contributed by atoms with Gasteiger partial charge in [0, 0.05) is 32.8 Å². The van der Waals surface area contributed by atoms with E-state index in [-0.39, 0.29) is 5.82 Å². The average Bonchev–Trinajstić information content (AvgIpc) is 2.43. The fourth-order valence-corrected chi connectivity index (χ4v) is 2.65. The van der Waals surface area contributed by atoms with Crippen molar-refractivity contribution in [1.82, 2.24) is 4.90 Å². The van der Waals surface area contributed by atoms with E-state index in [2.05, 4.69) is 4.90 Å². The lowest BCUT2D eigenvalue weighted by molar-refractivity contribution is 0.0125. The molecule has 0 bridgehead atoms. The molecule has 0 aliphatic carbocycles. The molecule has 2 N–H and O–H groups in total. The molecule has 1 aliphatic heterocycles. The lowest BCUT2D eigenvalue weighted by Gasteiger charge is -2.32. The number of nitrogens with two attached hydrogens (primary N) is 1. The lowest BCUT2D eigenvalue weighted by Crippen LogP contribution is -2.36. The van der Waals surface area contributed by atoms with Crippen molar-refractivity contribution >= 4 is 0 Å². The second-order valence-corrected chi connectivity index (χ2v) is 5.05. The highest BCUT2D eigenvalue weighted by Gasteiger charge is 2.19. The van der Waals surface area contributed by atoms with Crippen molar-refractivity contribution in [3.8, 4) is 0 Å². The van der Waals surface area contributed by atoms with E-state index in [4.69, 9.17) is 10.5 Å². The molecule has 0 radical (unpaired) electrons. The highest BCUT2D eigenvalue weighted by atomic mass is 19.1. The maximum absolute atomic E-state index is 13.2. The SMILES string of the molecule is CCOC1CCN(Cc2ccc(F)cc2CN)CC1. The molecule has 0 atom stereocenters. The van der Waals surface area contributed by atoms with E-state index in [0.717, 1.165) is 50.2 Å². The van der Waals surface area contributed by atoms with Crippen molar-refractivity contribution in [2.24, 2.45) is 5.73 Å². The number of hydrogen-bond acceptors (Lipinski definition) is 3. The Morgan fingerprint density at radius 3 is 2.68 bits per heavy atom. The second-order valence-electron chi connectivity index (χ2n) is 5.05. The van der Waals surface area contributed by atoms with Gasteiger partial charge in [0.05, 0.1) is 6.10 Å². The van der Waals surface area contributed by atoms with Crippen molar-refractivity contribution in [1.29, 1.82) is 0 Å². The van der Waals surface area contributed by atoms with Gasteiger partial charge in [-0.05, 0) is 43.0 Å². The predicted octanol–water partition coefficient (Wildman–Crippen LogP) is 2.29. The van der Waals surface area contributed by atoms with Crippen LogP contribution in [0.15, 0.2) is 18.2 Å². The largest absolute Gasteiger partial charge is 0.378 e. The molecule has 1 aromatic rings.